The Bertz CT molecular complexity index is 911. The Labute approximate surface area is 141 Å². The minimum Gasteiger partial charge on any atom is -0.274 e. The fourth-order valence-electron chi connectivity index (χ4n) is 2.44. The molecule has 1 saturated heterocycles. The second-order valence-corrected chi connectivity index (χ2v) is 5.29. The number of aromatic nitrogens is 6. The van der Waals surface area contributed by atoms with E-state index in [9.17, 15) is 9.59 Å². The fourth-order valence-corrected chi connectivity index (χ4v) is 2.44. The summed E-state index contributed by atoms with van der Waals surface area (Å²) in [5.74, 6) is 0.109. The summed E-state index contributed by atoms with van der Waals surface area (Å²) in [7, 11) is 0. The highest BCUT2D eigenvalue weighted by molar-refractivity contribution is 6.19. The molecule has 0 aliphatic carbocycles. The zero-order valence-electron chi connectivity index (χ0n) is 12.9. The summed E-state index contributed by atoms with van der Waals surface area (Å²) >= 11 is 0. The van der Waals surface area contributed by atoms with E-state index in [-0.39, 0.29) is 30.5 Å². The molecule has 0 atom stereocenters. The summed E-state index contributed by atoms with van der Waals surface area (Å²) in [5, 5.41) is 16.0. The quantitative estimate of drug-likeness (QED) is 0.653. The van der Waals surface area contributed by atoms with Crippen molar-refractivity contribution in [2.75, 3.05) is 4.90 Å². The van der Waals surface area contributed by atoms with E-state index >= 15 is 0 Å². The number of anilines is 1. The van der Waals surface area contributed by atoms with Crippen LogP contribution < -0.4 is 4.90 Å². The number of imide groups is 1. The van der Waals surface area contributed by atoms with Crippen LogP contribution in [0.1, 0.15) is 12.8 Å². The highest BCUT2D eigenvalue weighted by atomic mass is 16.2. The van der Waals surface area contributed by atoms with Crippen LogP contribution in [0.2, 0.25) is 0 Å². The molecule has 0 spiro atoms. The van der Waals surface area contributed by atoms with Crippen LogP contribution in [0.25, 0.3) is 23.0 Å². The van der Waals surface area contributed by atoms with Crippen molar-refractivity contribution in [2.45, 2.75) is 12.8 Å². The second-order valence-electron chi connectivity index (χ2n) is 5.29. The van der Waals surface area contributed by atoms with Crippen molar-refractivity contribution >= 4 is 17.5 Å². The Morgan fingerprint density at radius 1 is 0.760 bits per heavy atom. The molecule has 25 heavy (non-hydrogen) atoms. The first-order chi connectivity index (χ1) is 12.2. The lowest BCUT2D eigenvalue weighted by Gasteiger charge is -2.13. The van der Waals surface area contributed by atoms with E-state index in [0.717, 1.165) is 4.90 Å². The predicted octanol–water partition coefficient (Wildman–Crippen LogP) is 1.04. The lowest BCUT2D eigenvalue weighted by atomic mass is 10.3. The summed E-state index contributed by atoms with van der Waals surface area (Å²) in [6.07, 6.45) is 3.53. The molecule has 4 heterocycles. The minimum absolute atomic E-state index is 0.223. The average Bonchev–Trinajstić information content (AvgIpc) is 3.01. The van der Waals surface area contributed by atoms with E-state index < -0.39 is 0 Å². The maximum atomic E-state index is 11.7. The number of hydrogen-bond acceptors (Lipinski definition) is 8. The van der Waals surface area contributed by atoms with E-state index in [1.165, 1.54) is 6.20 Å². The molecule has 0 unspecified atom stereocenters. The summed E-state index contributed by atoms with van der Waals surface area (Å²) in [6.45, 7) is 0. The number of carbonyl (C=O) groups is 2. The van der Waals surface area contributed by atoms with Crippen molar-refractivity contribution in [2.24, 2.45) is 0 Å². The molecule has 0 bridgehead atoms. The highest BCUT2D eigenvalue weighted by Gasteiger charge is 2.30. The van der Waals surface area contributed by atoms with Gasteiger partial charge in [0.25, 0.3) is 0 Å². The molecule has 1 fully saturated rings. The van der Waals surface area contributed by atoms with Gasteiger partial charge in [0, 0.05) is 19.0 Å². The van der Waals surface area contributed by atoms with Crippen molar-refractivity contribution in [1.29, 1.82) is 0 Å². The van der Waals surface area contributed by atoms with E-state index in [2.05, 4.69) is 30.4 Å². The normalized spacial score (nSPS) is 14.2. The fraction of sp³-hybridized carbons (Fsp3) is 0.125. The van der Waals surface area contributed by atoms with Crippen LogP contribution in [0.3, 0.4) is 0 Å². The number of carbonyl (C=O) groups excluding carboxylic acids is 2. The lowest BCUT2D eigenvalue weighted by molar-refractivity contribution is -0.121. The third-order valence-corrected chi connectivity index (χ3v) is 3.66. The van der Waals surface area contributed by atoms with E-state index in [1.807, 2.05) is 6.07 Å². The Hall–Kier alpha value is -3.62. The Kier molecular flexibility index (Phi) is 3.65. The standard InChI is InChI=1S/C16H11N7O2/c24-13-6-7-14(25)23(13)10-4-5-12(18-9-10)16-21-19-15(20-22-16)11-3-1-2-8-17-11/h1-5,8-9H,6-7H2. The van der Waals surface area contributed by atoms with Crippen molar-refractivity contribution in [1.82, 2.24) is 30.4 Å². The molecule has 4 rings (SSSR count). The van der Waals surface area contributed by atoms with Gasteiger partial charge in [0.1, 0.15) is 11.4 Å². The van der Waals surface area contributed by atoms with Crippen molar-refractivity contribution in [3.63, 3.8) is 0 Å². The van der Waals surface area contributed by atoms with Gasteiger partial charge in [-0.05, 0) is 24.3 Å². The topological polar surface area (TPSA) is 115 Å². The first-order valence-electron chi connectivity index (χ1n) is 7.53. The van der Waals surface area contributed by atoms with E-state index in [1.54, 1.807) is 30.5 Å². The average molecular weight is 333 g/mol. The molecule has 1 aliphatic rings. The predicted molar refractivity (Wildman–Crippen MR) is 85.8 cm³/mol. The molecule has 122 valence electrons. The highest BCUT2D eigenvalue weighted by Crippen LogP contribution is 2.23. The van der Waals surface area contributed by atoms with Crippen LogP contribution in [0.15, 0.2) is 42.7 Å². The van der Waals surface area contributed by atoms with Crippen LogP contribution in [0, 0.1) is 0 Å². The monoisotopic (exact) mass is 333 g/mol. The van der Waals surface area contributed by atoms with Gasteiger partial charge in [-0.25, -0.2) is 4.90 Å². The molecule has 0 radical (unpaired) electrons. The smallest absolute Gasteiger partial charge is 0.234 e. The molecule has 0 aromatic carbocycles. The van der Waals surface area contributed by atoms with Gasteiger partial charge < -0.3 is 0 Å². The van der Waals surface area contributed by atoms with Crippen molar-refractivity contribution in [3.05, 3.63) is 42.7 Å². The molecule has 0 saturated carbocycles. The SMILES string of the molecule is O=C1CCC(=O)N1c1ccc(-c2nnc(-c3ccccn3)nn2)nc1. The van der Waals surface area contributed by atoms with Gasteiger partial charge in [0.05, 0.1) is 11.9 Å². The number of rotatable bonds is 3. The van der Waals surface area contributed by atoms with E-state index in [0.29, 0.717) is 22.9 Å². The van der Waals surface area contributed by atoms with Gasteiger partial charge in [0.2, 0.25) is 23.5 Å². The van der Waals surface area contributed by atoms with Crippen molar-refractivity contribution in [3.8, 4) is 23.0 Å². The van der Waals surface area contributed by atoms with Gasteiger partial charge in [-0.1, -0.05) is 6.07 Å². The number of pyridine rings is 2. The van der Waals surface area contributed by atoms with Crippen LogP contribution in [0.4, 0.5) is 5.69 Å². The summed E-state index contributed by atoms with van der Waals surface area (Å²) in [5.41, 5.74) is 1.45. The van der Waals surface area contributed by atoms with Crippen LogP contribution in [-0.2, 0) is 9.59 Å². The zero-order valence-corrected chi connectivity index (χ0v) is 12.9. The molecule has 9 nitrogen and oxygen atoms in total. The maximum Gasteiger partial charge on any atom is 0.234 e. The summed E-state index contributed by atoms with van der Waals surface area (Å²) in [4.78, 5) is 32.9. The first-order valence-corrected chi connectivity index (χ1v) is 7.53. The number of hydrogen-bond donors (Lipinski definition) is 0. The zero-order chi connectivity index (χ0) is 17.2. The van der Waals surface area contributed by atoms with Gasteiger partial charge >= 0.3 is 0 Å². The second kappa shape index (κ2) is 6.11. The Balaban J connectivity index is 1.58. The molecular weight excluding hydrogens is 322 g/mol. The van der Waals surface area contributed by atoms with Gasteiger partial charge in [0.15, 0.2) is 0 Å². The third kappa shape index (κ3) is 2.82. The molecular formula is C16H11N7O2. The maximum absolute atomic E-state index is 11.7. The molecule has 3 aromatic heterocycles. The Morgan fingerprint density at radius 2 is 1.40 bits per heavy atom. The summed E-state index contributed by atoms with van der Waals surface area (Å²) < 4.78 is 0. The first kappa shape index (κ1) is 14.9. The minimum atomic E-state index is -0.223. The number of nitrogens with zero attached hydrogens (tertiary/aromatic N) is 7. The largest absolute Gasteiger partial charge is 0.274 e. The van der Waals surface area contributed by atoms with Crippen LogP contribution >= 0.6 is 0 Å². The Morgan fingerprint density at radius 3 is 1.92 bits per heavy atom. The molecule has 1 aliphatic heterocycles. The molecule has 9 heteroatoms. The van der Waals surface area contributed by atoms with Crippen molar-refractivity contribution < 1.29 is 9.59 Å². The third-order valence-electron chi connectivity index (χ3n) is 3.66. The molecule has 0 N–H and O–H groups in total. The van der Waals surface area contributed by atoms with Crippen LogP contribution in [0.5, 0.6) is 0 Å². The van der Waals surface area contributed by atoms with Crippen LogP contribution in [-0.4, -0.2) is 42.2 Å². The number of amides is 2. The van der Waals surface area contributed by atoms with E-state index in [4.69, 9.17) is 0 Å². The molecule has 3 aromatic rings. The summed E-state index contributed by atoms with van der Waals surface area (Å²) in [6, 6.07) is 8.61. The van der Waals surface area contributed by atoms with Gasteiger partial charge in [-0.3, -0.25) is 19.6 Å². The molecule has 2 amide bonds. The lowest BCUT2D eigenvalue weighted by Crippen LogP contribution is -2.28. The van der Waals surface area contributed by atoms with Gasteiger partial charge in [-0.2, -0.15) is 0 Å². The van der Waals surface area contributed by atoms with Gasteiger partial charge in [-0.15, -0.1) is 20.4 Å².